The number of aliphatic hydroxyl groups excluding tert-OH is 1. The van der Waals surface area contributed by atoms with Crippen molar-refractivity contribution in [2.24, 2.45) is 0 Å². The smallest absolute Gasteiger partial charge is 0.174 e. The first kappa shape index (κ1) is 11.9. The first-order valence-corrected chi connectivity index (χ1v) is 6.34. The van der Waals surface area contributed by atoms with E-state index in [1.54, 1.807) is 17.3 Å². The molecule has 0 saturated carbocycles. The Bertz CT molecular complexity index is 241. The molecule has 0 bridgehead atoms. The van der Waals surface area contributed by atoms with E-state index in [9.17, 15) is 0 Å². The summed E-state index contributed by atoms with van der Waals surface area (Å²) in [6.45, 7) is 4.29. The Kier molecular flexibility index (Phi) is 5.39. The number of aliphatic hydroxyl groups is 1. The Hall–Kier alpha value is -0.170. The molecule has 80 valence electrons. The summed E-state index contributed by atoms with van der Waals surface area (Å²) in [6.07, 6.45) is 0. The Morgan fingerprint density at radius 2 is 2.43 bits per heavy atom. The molecule has 1 unspecified atom stereocenters. The van der Waals surface area contributed by atoms with Crippen LogP contribution in [0.4, 0.5) is 0 Å². The van der Waals surface area contributed by atoms with Gasteiger partial charge in [0.15, 0.2) is 4.34 Å². The van der Waals surface area contributed by atoms with Gasteiger partial charge in [-0.25, -0.2) is 0 Å². The van der Waals surface area contributed by atoms with E-state index < -0.39 is 0 Å². The van der Waals surface area contributed by atoms with Gasteiger partial charge in [-0.3, -0.25) is 0 Å². The van der Waals surface area contributed by atoms with Crippen LogP contribution >= 0.6 is 23.1 Å². The molecular formula is C8H15N3OS2. The second kappa shape index (κ2) is 6.34. The molecule has 2 N–H and O–H groups in total. The fourth-order valence-corrected chi connectivity index (χ4v) is 2.56. The van der Waals surface area contributed by atoms with Crippen LogP contribution < -0.4 is 5.32 Å². The fraction of sp³-hybridized carbons (Fsp3) is 0.750. The van der Waals surface area contributed by atoms with Crippen molar-refractivity contribution in [1.82, 2.24) is 15.5 Å². The van der Waals surface area contributed by atoms with Crippen molar-refractivity contribution in [2.75, 3.05) is 12.4 Å². The van der Waals surface area contributed by atoms with E-state index in [4.69, 9.17) is 5.11 Å². The highest BCUT2D eigenvalue weighted by Gasteiger charge is 2.09. The van der Waals surface area contributed by atoms with Gasteiger partial charge in [-0.1, -0.05) is 36.9 Å². The molecule has 0 amide bonds. The summed E-state index contributed by atoms with van der Waals surface area (Å²) >= 11 is 3.15. The molecule has 1 atom stereocenters. The minimum absolute atomic E-state index is 0.129. The zero-order valence-corrected chi connectivity index (χ0v) is 9.94. The highest BCUT2D eigenvalue weighted by molar-refractivity contribution is 8.01. The van der Waals surface area contributed by atoms with Crippen LogP contribution in [-0.4, -0.2) is 39.7 Å². The van der Waals surface area contributed by atoms with Crippen LogP contribution in [0.5, 0.6) is 0 Å². The lowest BCUT2D eigenvalue weighted by Crippen LogP contribution is -2.39. The third kappa shape index (κ3) is 4.36. The van der Waals surface area contributed by atoms with Gasteiger partial charge in [-0.15, -0.1) is 10.2 Å². The predicted molar refractivity (Wildman–Crippen MR) is 59.8 cm³/mol. The van der Waals surface area contributed by atoms with E-state index in [2.05, 4.69) is 29.4 Å². The SMILES string of the molecule is CC(C)NC(CO)CSc1nncs1. The van der Waals surface area contributed by atoms with E-state index >= 15 is 0 Å². The first-order valence-electron chi connectivity index (χ1n) is 4.48. The summed E-state index contributed by atoms with van der Waals surface area (Å²) in [7, 11) is 0. The van der Waals surface area contributed by atoms with Crippen molar-refractivity contribution in [3.8, 4) is 0 Å². The summed E-state index contributed by atoms with van der Waals surface area (Å²) in [5.41, 5.74) is 1.71. The van der Waals surface area contributed by atoms with Crippen molar-refractivity contribution in [3.05, 3.63) is 5.51 Å². The van der Waals surface area contributed by atoms with E-state index in [1.165, 1.54) is 11.3 Å². The number of hydrogen-bond donors (Lipinski definition) is 2. The number of nitrogens with one attached hydrogen (secondary N) is 1. The summed E-state index contributed by atoms with van der Waals surface area (Å²) in [5, 5.41) is 20.0. The lowest BCUT2D eigenvalue weighted by molar-refractivity contribution is 0.247. The van der Waals surface area contributed by atoms with Crippen LogP contribution in [0, 0.1) is 0 Å². The lowest BCUT2D eigenvalue weighted by atomic mass is 10.3. The second-order valence-electron chi connectivity index (χ2n) is 3.22. The van der Waals surface area contributed by atoms with Gasteiger partial charge in [-0.2, -0.15) is 0 Å². The monoisotopic (exact) mass is 233 g/mol. The molecular weight excluding hydrogens is 218 g/mol. The van der Waals surface area contributed by atoms with Gasteiger partial charge in [-0.05, 0) is 0 Å². The molecule has 1 heterocycles. The summed E-state index contributed by atoms with van der Waals surface area (Å²) in [4.78, 5) is 0. The van der Waals surface area contributed by atoms with Crippen molar-refractivity contribution < 1.29 is 5.11 Å². The molecule has 0 saturated heterocycles. The van der Waals surface area contributed by atoms with E-state index in [0.29, 0.717) is 6.04 Å². The van der Waals surface area contributed by atoms with Gasteiger partial charge < -0.3 is 10.4 Å². The average Bonchev–Trinajstić information content (AvgIpc) is 2.64. The van der Waals surface area contributed by atoms with Crippen molar-refractivity contribution in [3.63, 3.8) is 0 Å². The number of aromatic nitrogens is 2. The molecule has 0 aliphatic rings. The second-order valence-corrected chi connectivity index (χ2v) is 5.32. The summed E-state index contributed by atoms with van der Waals surface area (Å²) in [5.74, 6) is 0.823. The Morgan fingerprint density at radius 3 is 2.93 bits per heavy atom. The third-order valence-electron chi connectivity index (χ3n) is 1.54. The molecule has 0 aliphatic heterocycles. The van der Waals surface area contributed by atoms with Gasteiger partial charge >= 0.3 is 0 Å². The van der Waals surface area contributed by atoms with Gasteiger partial charge in [0.2, 0.25) is 0 Å². The molecule has 6 heteroatoms. The highest BCUT2D eigenvalue weighted by Crippen LogP contribution is 2.19. The lowest BCUT2D eigenvalue weighted by Gasteiger charge is -2.17. The zero-order valence-electron chi connectivity index (χ0n) is 8.30. The third-order valence-corrected chi connectivity index (χ3v) is 3.56. The van der Waals surface area contributed by atoms with Crippen LogP contribution in [0.1, 0.15) is 13.8 Å². The number of nitrogens with zero attached hydrogens (tertiary/aromatic N) is 2. The number of hydrogen-bond acceptors (Lipinski definition) is 6. The molecule has 0 radical (unpaired) electrons. The maximum Gasteiger partial charge on any atom is 0.174 e. The molecule has 0 aliphatic carbocycles. The summed E-state index contributed by atoms with van der Waals surface area (Å²) in [6, 6.07) is 0.520. The van der Waals surface area contributed by atoms with Crippen molar-refractivity contribution >= 4 is 23.1 Å². The summed E-state index contributed by atoms with van der Waals surface area (Å²) < 4.78 is 0.953. The maximum atomic E-state index is 9.10. The quantitative estimate of drug-likeness (QED) is 0.718. The molecule has 1 aromatic heterocycles. The molecule has 0 aromatic carbocycles. The van der Waals surface area contributed by atoms with Crippen molar-refractivity contribution in [1.29, 1.82) is 0 Å². The maximum absolute atomic E-state index is 9.10. The molecule has 14 heavy (non-hydrogen) atoms. The van der Waals surface area contributed by atoms with Crippen LogP contribution in [0.3, 0.4) is 0 Å². The predicted octanol–water partition coefficient (Wildman–Crippen LogP) is 0.989. The van der Waals surface area contributed by atoms with Crippen LogP contribution in [0.25, 0.3) is 0 Å². The van der Waals surface area contributed by atoms with Crippen LogP contribution in [0.15, 0.2) is 9.85 Å². The topological polar surface area (TPSA) is 58.0 Å². The normalized spacial score (nSPS) is 13.4. The van der Waals surface area contributed by atoms with Gasteiger partial charge in [0.1, 0.15) is 5.51 Å². The standard InChI is InChI=1S/C8H15N3OS2/c1-6(2)10-7(3-12)4-13-8-11-9-5-14-8/h5-7,10,12H,3-4H2,1-2H3. The molecule has 1 aromatic rings. The van der Waals surface area contributed by atoms with E-state index in [0.717, 1.165) is 10.1 Å². The van der Waals surface area contributed by atoms with Gasteiger partial charge in [0, 0.05) is 17.8 Å². The Balaban J connectivity index is 2.27. The minimum atomic E-state index is 0.129. The average molecular weight is 233 g/mol. The minimum Gasteiger partial charge on any atom is -0.395 e. The van der Waals surface area contributed by atoms with Gasteiger partial charge in [0.05, 0.1) is 6.61 Å². The molecule has 4 nitrogen and oxygen atoms in total. The highest BCUT2D eigenvalue weighted by atomic mass is 32.2. The fourth-order valence-electron chi connectivity index (χ4n) is 1.02. The Morgan fingerprint density at radius 1 is 1.64 bits per heavy atom. The Labute approximate surface area is 92.1 Å². The van der Waals surface area contributed by atoms with Crippen LogP contribution in [-0.2, 0) is 0 Å². The zero-order chi connectivity index (χ0) is 10.4. The van der Waals surface area contributed by atoms with Gasteiger partial charge in [0.25, 0.3) is 0 Å². The number of rotatable bonds is 6. The molecule has 0 fully saturated rings. The van der Waals surface area contributed by atoms with E-state index in [-0.39, 0.29) is 12.6 Å². The van der Waals surface area contributed by atoms with Crippen LogP contribution in [0.2, 0.25) is 0 Å². The van der Waals surface area contributed by atoms with Crippen molar-refractivity contribution in [2.45, 2.75) is 30.3 Å². The molecule has 0 spiro atoms. The van der Waals surface area contributed by atoms with E-state index in [1.807, 2.05) is 0 Å². The first-order chi connectivity index (χ1) is 6.72. The molecule has 1 rings (SSSR count). The number of thioether (sulfide) groups is 1. The largest absolute Gasteiger partial charge is 0.395 e.